The minimum atomic E-state index is 0.178. The third-order valence-electron chi connectivity index (χ3n) is 3.34. The van der Waals surface area contributed by atoms with Gasteiger partial charge in [-0.25, -0.2) is 0 Å². The molecule has 1 aromatic carbocycles. The molecule has 1 unspecified atom stereocenters. The maximum absolute atomic E-state index is 6.07. The number of hydrogen-bond donors (Lipinski definition) is 1. The van der Waals surface area contributed by atoms with E-state index in [0.717, 1.165) is 24.2 Å². The van der Waals surface area contributed by atoms with Gasteiger partial charge < -0.3 is 10.5 Å². The molecule has 0 fully saturated rings. The predicted molar refractivity (Wildman–Crippen MR) is 81.7 cm³/mol. The monoisotopic (exact) mass is 270 g/mol. The highest BCUT2D eigenvalue weighted by Crippen LogP contribution is 2.23. The van der Waals surface area contributed by atoms with Crippen molar-refractivity contribution in [1.29, 1.82) is 0 Å². The first-order valence-corrected chi connectivity index (χ1v) is 7.06. The van der Waals surface area contributed by atoms with Crippen LogP contribution in [0.5, 0.6) is 5.75 Å². The van der Waals surface area contributed by atoms with E-state index in [4.69, 9.17) is 10.5 Å². The molecule has 0 aliphatic rings. The zero-order chi connectivity index (χ0) is 14.4. The Morgan fingerprint density at radius 1 is 1.30 bits per heavy atom. The van der Waals surface area contributed by atoms with Gasteiger partial charge in [0.1, 0.15) is 12.4 Å². The van der Waals surface area contributed by atoms with E-state index in [1.54, 1.807) is 6.20 Å². The average molecular weight is 270 g/mol. The molecule has 3 nitrogen and oxygen atoms in total. The van der Waals surface area contributed by atoms with Crippen LogP contribution in [0.15, 0.2) is 42.7 Å². The van der Waals surface area contributed by atoms with E-state index >= 15 is 0 Å². The van der Waals surface area contributed by atoms with Crippen molar-refractivity contribution in [2.45, 2.75) is 39.3 Å². The summed E-state index contributed by atoms with van der Waals surface area (Å²) in [6.45, 7) is 4.73. The average Bonchev–Trinajstić information content (AvgIpc) is 2.47. The number of pyridine rings is 1. The highest BCUT2D eigenvalue weighted by molar-refractivity contribution is 5.37. The van der Waals surface area contributed by atoms with Crippen LogP contribution in [0.2, 0.25) is 0 Å². The Balaban J connectivity index is 2.10. The summed E-state index contributed by atoms with van der Waals surface area (Å²) in [4.78, 5) is 4.10. The van der Waals surface area contributed by atoms with Gasteiger partial charge >= 0.3 is 0 Å². The quantitative estimate of drug-likeness (QED) is 0.876. The zero-order valence-electron chi connectivity index (χ0n) is 12.2. The summed E-state index contributed by atoms with van der Waals surface area (Å²) in [5.41, 5.74) is 9.55. The van der Waals surface area contributed by atoms with Crippen LogP contribution < -0.4 is 10.5 Å². The molecule has 0 bridgehead atoms. The van der Waals surface area contributed by atoms with E-state index in [-0.39, 0.29) is 6.04 Å². The lowest BCUT2D eigenvalue weighted by Gasteiger charge is -2.15. The molecule has 2 N–H and O–H groups in total. The highest BCUT2D eigenvalue weighted by atomic mass is 16.5. The summed E-state index contributed by atoms with van der Waals surface area (Å²) in [5.74, 6) is 0.920. The molecule has 2 rings (SSSR count). The van der Waals surface area contributed by atoms with Gasteiger partial charge in [0.25, 0.3) is 0 Å². The number of ether oxygens (including phenoxy) is 1. The molecule has 0 amide bonds. The minimum absolute atomic E-state index is 0.178. The number of rotatable bonds is 6. The Bertz CT molecular complexity index is 540. The molecule has 1 atom stereocenters. The lowest BCUT2D eigenvalue weighted by Crippen LogP contribution is -2.21. The van der Waals surface area contributed by atoms with Crippen molar-refractivity contribution in [1.82, 2.24) is 4.98 Å². The van der Waals surface area contributed by atoms with E-state index in [2.05, 4.69) is 31.0 Å². The Morgan fingerprint density at radius 3 is 2.85 bits per heavy atom. The van der Waals surface area contributed by atoms with Crippen molar-refractivity contribution in [3.05, 3.63) is 59.4 Å². The molecule has 2 aromatic rings. The summed E-state index contributed by atoms with van der Waals surface area (Å²) in [6, 6.07) is 10.4. The Morgan fingerprint density at radius 2 is 2.15 bits per heavy atom. The van der Waals surface area contributed by atoms with E-state index in [1.807, 2.05) is 24.4 Å². The SMILES string of the molecule is CCC(N)Cc1cc(C)ccc1OCc1cccnc1. The normalized spacial score (nSPS) is 12.2. The molecule has 0 radical (unpaired) electrons. The van der Waals surface area contributed by atoms with E-state index in [0.29, 0.717) is 6.61 Å². The second-order valence-corrected chi connectivity index (χ2v) is 5.13. The predicted octanol–water partition coefficient (Wildman–Crippen LogP) is 3.25. The zero-order valence-corrected chi connectivity index (χ0v) is 12.2. The van der Waals surface area contributed by atoms with Gasteiger partial charge in [-0.15, -0.1) is 0 Å². The summed E-state index contributed by atoms with van der Waals surface area (Å²) in [5, 5.41) is 0. The lowest BCUT2D eigenvalue weighted by molar-refractivity contribution is 0.301. The molecular formula is C17H22N2O. The smallest absolute Gasteiger partial charge is 0.123 e. The van der Waals surface area contributed by atoms with E-state index < -0.39 is 0 Å². The number of nitrogens with zero attached hydrogens (tertiary/aromatic N) is 1. The van der Waals surface area contributed by atoms with Crippen molar-refractivity contribution in [3.63, 3.8) is 0 Å². The topological polar surface area (TPSA) is 48.1 Å². The third kappa shape index (κ3) is 4.07. The Kier molecular flexibility index (Phi) is 5.13. The highest BCUT2D eigenvalue weighted by Gasteiger charge is 2.08. The van der Waals surface area contributed by atoms with Crippen LogP contribution >= 0.6 is 0 Å². The Labute approximate surface area is 120 Å². The van der Waals surface area contributed by atoms with Gasteiger partial charge in [-0.2, -0.15) is 0 Å². The molecule has 0 saturated carbocycles. The van der Waals surface area contributed by atoms with Gasteiger partial charge in [0, 0.05) is 24.0 Å². The standard InChI is InChI=1S/C17H22N2O/c1-3-16(18)10-15-9-13(2)6-7-17(15)20-12-14-5-4-8-19-11-14/h4-9,11,16H,3,10,12,18H2,1-2H3. The molecule has 20 heavy (non-hydrogen) atoms. The molecule has 3 heteroatoms. The molecule has 1 aromatic heterocycles. The number of hydrogen-bond acceptors (Lipinski definition) is 3. The van der Waals surface area contributed by atoms with Gasteiger partial charge in [0.15, 0.2) is 0 Å². The molecular weight excluding hydrogens is 248 g/mol. The van der Waals surface area contributed by atoms with Gasteiger partial charge in [-0.05, 0) is 37.5 Å². The van der Waals surface area contributed by atoms with Crippen molar-refractivity contribution >= 4 is 0 Å². The number of nitrogens with two attached hydrogens (primary N) is 1. The van der Waals surface area contributed by atoms with Crippen molar-refractivity contribution in [3.8, 4) is 5.75 Å². The van der Waals surface area contributed by atoms with Crippen molar-refractivity contribution < 1.29 is 4.74 Å². The molecule has 0 aliphatic heterocycles. The van der Waals surface area contributed by atoms with Crippen molar-refractivity contribution in [2.24, 2.45) is 5.73 Å². The van der Waals surface area contributed by atoms with Crippen LogP contribution in [-0.4, -0.2) is 11.0 Å². The van der Waals surface area contributed by atoms with Gasteiger partial charge in [-0.3, -0.25) is 4.98 Å². The van der Waals surface area contributed by atoms with Crippen LogP contribution in [0.25, 0.3) is 0 Å². The molecule has 1 heterocycles. The van der Waals surface area contributed by atoms with E-state index in [1.165, 1.54) is 11.1 Å². The number of aromatic nitrogens is 1. The first-order valence-electron chi connectivity index (χ1n) is 7.06. The van der Waals surface area contributed by atoms with Crippen LogP contribution in [-0.2, 0) is 13.0 Å². The Hall–Kier alpha value is -1.87. The summed E-state index contributed by atoms with van der Waals surface area (Å²) < 4.78 is 5.93. The minimum Gasteiger partial charge on any atom is -0.489 e. The lowest BCUT2D eigenvalue weighted by atomic mass is 10.0. The molecule has 106 valence electrons. The summed E-state index contributed by atoms with van der Waals surface area (Å²) >= 11 is 0. The summed E-state index contributed by atoms with van der Waals surface area (Å²) in [6.07, 6.45) is 5.41. The first-order chi connectivity index (χ1) is 9.69. The maximum atomic E-state index is 6.07. The first kappa shape index (κ1) is 14.5. The van der Waals surface area contributed by atoms with Gasteiger partial charge in [0.2, 0.25) is 0 Å². The van der Waals surface area contributed by atoms with Gasteiger partial charge in [-0.1, -0.05) is 30.7 Å². The van der Waals surface area contributed by atoms with Crippen LogP contribution in [0.3, 0.4) is 0 Å². The fourth-order valence-corrected chi connectivity index (χ4v) is 2.08. The largest absolute Gasteiger partial charge is 0.489 e. The molecule has 0 aliphatic carbocycles. The molecule has 0 saturated heterocycles. The number of aryl methyl sites for hydroxylation is 1. The maximum Gasteiger partial charge on any atom is 0.123 e. The summed E-state index contributed by atoms with van der Waals surface area (Å²) in [7, 11) is 0. The van der Waals surface area contributed by atoms with Crippen LogP contribution in [0.1, 0.15) is 30.0 Å². The second-order valence-electron chi connectivity index (χ2n) is 5.13. The van der Waals surface area contributed by atoms with Crippen molar-refractivity contribution in [2.75, 3.05) is 0 Å². The second kappa shape index (κ2) is 7.06. The van der Waals surface area contributed by atoms with Crippen LogP contribution in [0, 0.1) is 6.92 Å². The molecule has 0 spiro atoms. The van der Waals surface area contributed by atoms with Crippen LogP contribution in [0.4, 0.5) is 0 Å². The third-order valence-corrected chi connectivity index (χ3v) is 3.34. The van der Waals surface area contributed by atoms with E-state index in [9.17, 15) is 0 Å². The number of benzene rings is 1. The fourth-order valence-electron chi connectivity index (χ4n) is 2.08. The van der Waals surface area contributed by atoms with Gasteiger partial charge in [0.05, 0.1) is 0 Å². The fraction of sp³-hybridized carbons (Fsp3) is 0.353.